The van der Waals surface area contributed by atoms with E-state index in [1.165, 1.54) is 26.3 Å². The quantitative estimate of drug-likeness (QED) is 0.149. The van der Waals surface area contributed by atoms with Crippen LogP contribution in [0, 0.1) is 5.41 Å². The van der Waals surface area contributed by atoms with E-state index >= 15 is 0 Å². The predicted molar refractivity (Wildman–Crippen MR) is 121 cm³/mol. The number of nitrogens with one attached hydrogen (secondary N) is 3. The highest BCUT2D eigenvalue weighted by Gasteiger charge is 2.11. The van der Waals surface area contributed by atoms with Gasteiger partial charge < -0.3 is 16.3 Å². The number of amides is 1. The normalized spacial score (nSPS) is 11.3. The van der Waals surface area contributed by atoms with Crippen molar-refractivity contribution in [2.75, 3.05) is 14.2 Å². The van der Waals surface area contributed by atoms with Gasteiger partial charge in [0.15, 0.2) is 5.84 Å². The summed E-state index contributed by atoms with van der Waals surface area (Å²) >= 11 is 0. The molecule has 0 radical (unpaired) electrons. The molecule has 0 aliphatic heterocycles. The first-order chi connectivity index (χ1) is 15.8. The average molecular weight is 454 g/mol. The number of hydrazone groups is 1. The van der Waals surface area contributed by atoms with Gasteiger partial charge in [-0.05, 0) is 35.4 Å². The Bertz CT molecular complexity index is 1050. The third kappa shape index (κ3) is 8.38. The highest BCUT2D eigenvalue weighted by Crippen LogP contribution is 2.08. The van der Waals surface area contributed by atoms with E-state index in [9.17, 15) is 9.59 Å². The van der Waals surface area contributed by atoms with Gasteiger partial charge in [0.25, 0.3) is 5.91 Å². The zero-order valence-corrected chi connectivity index (χ0v) is 18.3. The molecule has 174 valence electrons. The summed E-state index contributed by atoms with van der Waals surface area (Å²) < 4.78 is 0. The Labute approximate surface area is 190 Å². The minimum atomic E-state index is -1.01. The molecule has 6 N–H and O–H groups in total. The fourth-order valence-electron chi connectivity index (χ4n) is 2.59. The molecule has 2 aromatic carbocycles. The Morgan fingerprint density at radius 1 is 1.09 bits per heavy atom. The zero-order valence-electron chi connectivity index (χ0n) is 18.3. The van der Waals surface area contributed by atoms with Gasteiger partial charge in [0.05, 0.1) is 32.2 Å². The Morgan fingerprint density at radius 2 is 1.70 bits per heavy atom. The molecule has 0 aromatic heterocycles. The van der Waals surface area contributed by atoms with Gasteiger partial charge in [0, 0.05) is 12.6 Å². The molecule has 0 aliphatic rings. The van der Waals surface area contributed by atoms with E-state index < -0.39 is 5.97 Å². The van der Waals surface area contributed by atoms with E-state index in [0.717, 1.165) is 16.2 Å². The Morgan fingerprint density at radius 3 is 2.33 bits per heavy atom. The summed E-state index contributed by atoms with van der Waals surface area (Å²) in [5.74, 6) is -1.27. The van der Waals surface area contributed by atoms with Gasteiger partial charge in [0.1, 0.15) is 5.84 Å². The van der Waals surface area contributed by atoms with Crippen LogP contribution in [0.2, 0.25) is 0 Å². The third-order valence-electron chi connectivity index (χ3n) is 4.29. The molecule has 0 saturated heterocycles. The van der Waals surface area contributed by atoms with Crippen molar-refractivity contribution in [1.29, 1.82) is 5.41 Å². The monoisotopic (exact) mass is 454 g/mol. The lowest BCUT2D eigenvalue weighted by Crippen LogP contribution is -2.25. The summed E-state index contributed by atoms with van der Waals surface area (Å²) in [5, 5.41) is 29.4. The Kier molecular flexibility index (Phi) is 9.46. The fourth-order valence-corrected chi connectivity index (χ4v) is 2.59. The van der Waals surface area contributed by atoms with Crippen molar-refractivity contribution < 1.29 is 19.5 Å². The van der Waals surface area contributed by atoms with Crippen LogP contribution in [0.5, 0.6) is 0 Å². The van der Waals surface area contributed by atoms with Crippen LogP contribution in [0.15, 0.2) is 64.0 Å². The number of benzene rings is 2. The van der Waals surface area contributed by atoms with Crippen LogP contribution in [-0.4, -0.2) is 47.9 Å². The molecule has 0 atom stereocenters. The molecule has 12 heteroatoms. The van der Waals surface area contributed by atoms with Crippen LogP contribution >= 0.6 is 0 Å². The van der Waals surface area contributed by atoms with Crippen molar-refractivity contribution in [3.63, 3.8) is 0 Å². The van der Waals surface area contributed by atoms with Crippen LogP contribution in [0.4, 0.5) is 0 Å². The second-order valence-electron chi connectivity index (χ2n) is 6.79. The van der Waals surface area contributed by atoms with Crippen molar-refractivity contribution >= 4 is 23.5 Å². The number of amidine groups is 2. The summed E-state index contributed by atoms with van der Waals surface area (Å²) in [4.78, 5) is 28.0. The van der Waals surface area contributed by atoms with Crippen molar-refractivity contribution in [1.82, 2.24) is 15.9 Å². The summed E-state index contributed by atoms with van der Waals surface area (Å²) in [6, 6.07) is 13.4. The molecule has 33 heavy (non-hydrogen) atoms. The van der Waals surface area contributed by atoms with E-state index in [1.54, 1.807) is 30.3 Å². The molecule has 0 aliphatic carbocycles. The van der Waals surface area contributed by atoms with E-state index in [4.69, 9.17) is 21.1 Å². The molecular weight excluding hydrogens is 428 g/mol. The smallest absolute Gasteiger partial charge is 0.335 e. The highest BCUT2D eigenvalue weighted by atomic mass is 16.7. The van der Waals surface area contributed by atoms with Crippen LogP contribution in [0.25, 0.3) is 0 Å². The number of nitrogens with zero attached hydrogens (tertiary/aromatic N) is 4. The van der Waals surface area contributed by atoms with Crippen LogP contribution in [0.1, 0.15) is 38.3 Å². The number of hydroxylamine groups is 2. The van der Waals surface area contributed by atoms with E-state index in [1.807, 2.05) is 6.07 Å². The maximum absolute atomic E-state index is 12.1. The van der Waals surface area contributed by atoms with Gasteiger partial charge >= 0.3 is 5.97 Å². The van der Waals surface area contributed by atoms with Crippen molar-refractivity contribution in [3.05, 3.63) is 70.8 Å². The Hall–Kier alpha value is -4.32. The number of hydrogen-bond acceptors (Lipinski definition) is 7. The molecule has 12 nitrogen and oxygen atoms in total. The second kappa shape index (κ2) is 12.5. The topological polar surface area (TPSA) is 178 Å². The third-order valence-corrected chi connectivity index (χ3v) is 4.29. The summed E-state index contributed by atoms with van der Waals surface area (Å²) in [5.41, 5.74) is 13.4. The maximum atomic E-state index is 12.1. The van der Waals surface area contributed by atoms with Crippen LogP contribution in [-0.2, 0) is 17.9 Å². The van der Waals surface area contributed by atoms with E-state index in [-0.39, 0.29) is 36.1 Å². The molecule has 0 spiro atoms. The number of carbonyl (C=O) groups is 2. The highest BCUT2D eigenvalue weighted by molar-refractivity contribution is 6.00. The van der Waals surface area contributed by atoms with Gasteiger partial charge in [-0.25, -0.2) is 9.86 Å². The van der Waals surface area contributed by atoms with Crippen molar-refractivity contribution in [2.45, 2.75) is 19.5 Å². The maximum Gasteiger partial charge on any atom is 0.335 e. The van der Waals surface area contributed by atoms with Gasteiger partial charge in [0.2, 0.25) is 0 Å². The SMILES string of the molecule is CON(C)C(=O)c1cccc(CN/N=N\C(=N)C/C(N)=N/NCc2cccc(C(=O)O)c2)c1. The predicted octanol–water partition coefficient (Wildman–Crippen LogP) is 1.90. The first kappa shape index (κ1) is 24.9. The molecule has 0 saturated carbocycles. The number of hydrogen-bond donors (Lipinski definition) is 5. The number of aromatic carboxylic acids is 1. The lowest BCUT2D eigenvalue weighted by Gasteiger charge is -2.14. The molecule has 2 aromatic rings. The molecule has 1 amide bonds. The van der Waals surface area contributed by atoms with E-state index in [0.29, 0.717) is 12.1 Å². The number of carbonyl (C=O) groups excluding carboxylic acids is 1. The van der Waals surface area contributed by atoms with Crippen LogP contribution < -0.4 is 16.6 Å². The van der Waals surface area contributed by atoms with Gasteiger partial charge in [-0.2, -0.15) is 5.10 Å². The standard InChI is InChI=1S/C21H26N8O4/c1-29(33-2)20(30)16-7-3-5-14(9-16)13-25-28-27-19(23)11-18(22)26-24-12-15-6-4-8-17(10-15)21(31)32/h3-10,24H,11-13H2,1-2H3,(H2,22,26)(H,31,32)(H2,23,25,27). The number of rotatable bonds is 11. The van der Waals surface area contributed by atoms with Crippen molar-refractivity contribution in [2.24, 2.45) is 21.2 Å². The van der Waals surface area contributed by atoms with Gasteiger partial charge in [-0.15, -0.1) is 5.11 Å². The summed E-state index contributed by atoms with van der Waals surface area (Å²) in [6.07, 6.45) is -0.0271. The zero-order chi connectivity index (χ0) is 24.2. The first-order valence-corrected chi connectivity index (χ1v) is 9.79. The van der Waals surface area contributed by atoms with E-state index in [2.05, 4.69) is 26.3 Å². The number of nitrogens with two attached hydrogens (primary N) is 1. The molecule has 0 heterocycles. The number of carboxylic acids is 1. The Balaban J connectivity index is 1.77. The fraction of sp³-hybridized carbons (Fsp3) is 0.238. The average Bonchev–Trinajstić information content (AvgIpc) is 2.81. The minimum absolute atomic E-state index is 0.0271. The largest absolute Gasteiger partial charge is 0.478 e. The van der Waals surface area contributed by atoms with Gasteiger partial charge in [-0.1, -0.05) is 29.5 Å². The number of carboxylic acid groups (broad SMARTS) is 1. The summed E-state index contributed by atoms with van der Waals surface area (Å²) in [7, 11) is 2.93. The molecule has 2 rings (SSSR count). The van der Waals surface area contributed by atoms with Crippen LogP contribution in [0.3, 0.4) is 0 Å². The molecular formula is C21H26N8O4. The lowest BCUT2D eigenvalue weighted by molar-refractivity contribution is -0.0757. The lowest BCUT2D eigenvalue weighted by atomic mass is 10.1. The molecule has 0 bridgehead atoms. The minimum Gasteiger partial charge on any atom is -0.478 e. The molecule has 0 unspecified atom stereocenters. The van der Waals surface area contributed by atoms with Gasteiger partial charge in [-0.3, -0.25) is 20.5 Å². The molecule has 0 fully saturated rings. The summed E-state index contributed by atoms with van der Waals surface area (Å²) in [6.45, 7) is 0.578. The second-order valence-corrected chi connectivity index (χ2v) is 6.79. The van der Waals surface area contributed by atoms with Crippen molar-refractivity contribution in [3.8, 4) is 0 Å². The first-order valence-electron chi connectivity index (χ1n) is 9.79.